The summed E-state index contributed by atoms with van der Waals surface area (Å²) in [5.74, 6) is 0.280. The highest BCUT2D eigenvalue weighted by Crippen LogP contribution is 2.38. The van der Waals surface area contributed by atoms with Gasteiger partial charge in [-0.2, -0.15) is 4.98 Å². The van der Waals surface area contributed by atoms with Gasteiger partial charge in [0.2, 0.25) is 5.75 Å². The first kappa shape index (κ1) is 22.8. The van der Waals surface area contributed by atoms with Gasteiger partial charge in [0.25, 0.3) is 15.9 Å². The molecule has 3 aromatic rings. The molecule has 0 saturated carbocycles. The van der Waals surface area contributed by atoms with E-state index >= 15 is 0 Å². The molecule has 1 heterocycles. The predicted molar refractivity (Wildman–Crippen MR) is 117 cm³/mol. The molecule has 0 bridgehead atoms. The molecule has 0 fully saturated rings. The van der Waals surface area contributed by atoms with E-state index < -0.39 is 10.0 Å². The third-order valence-corrected chi connectivity index (χ3v) is 5.91. The molecule has 0 aliphatic rings. The molecule has 31 heavy (non-hydrogen) atoms. The van der Waals surface area contributed by atoms with Crippen LogP contribution in [0.2, 0.25) is 5.02 Å². The molecule has 0 amide bonds. The number of nitrogens with one attached hydrogen (secondary N) is 1. The second-order valence-electron chi connectivity index (χ2n) is 6.79. The van der Waals surface area contributed by atoms with Gasteiger partial charge in [-0.3, -0.25) is 4.72 Å². The molecule has 1 aromatic heterocycles. The predicted octanol–water partition coefficient (Wildman–Crippen LogP) is 4.22. The van der Waals surface area contributed by atoms with E-state index in [-0.39, 0.29) is 47.2 Å². The molecule has 8 nitrogen and oxygen atoms in total. The molecule has 3 rings (SSSR count). The molecule has 0 saturated heterocycles. The van der Waals surface area contributed by atoms with Crippen LogP contribution in [0.15, 0.2) is 59.8 Å². The molecule has 2 N–H and O–H groups in total. The van der Waals surface area contributed by atoms with Crippen molar-refractivity contribution in [3.63, 3.8) is 0 Å². The van der Waals surface area contributed by atoms with Crippen molar-refractivity contribution in [2.24, 2.45) is 0 Å². The minimum absolute atomic E-state index is 0.0446. The summed E-state index contributed by atoms with van der Waals surface area (Å²) in [5, 5.41) is 9.38. The number of para-hydroxylation sites is 1. The van der Waals surface area contributed by atoms with E-state index in [0.29, 0.717) is 5.02 Å². The van der Waals surface area contributed by atoms with E-state index in [0.717, 1.165) is 11.9 Å². The molecule has 0 aliphatic heterocycles. The molecule has 0 atom stereocenters. The Bertz CT molecular complexity index is 1140. The van der Waals surface area contributed by atoms with E-state index in [9.17, 15) is 8.42 Å². The number of benzene rings is 2. The van der Waals surface area contributed by atoms with Crippen LogP contribution >= 0.6 is 11.6 Å². The SMILES string of the molecule is CC(C)c1ccc(S(=O)(=O)Nc2ncnc(OCCO)c2Oc2ccccc2Cl)cc1. The van der Waals surface area contributed by atoms with Crippen molar-refractivity contribution in [1.82, 2.24) is 9.97 Å². The van der Waals surface area contributed by atoms with Gasteiger partial charge in [0.1, 0.15) is 18.7 Å². The number of aromatic nitrogens is 2. The van der Waals surface area contributed by atoms with Crippen LogP contribution < -0.4 is 14.2 Å². The van der Waals surface area contributed by atoms with Gasteiger partial charge in [0, 0.05) is 0 Å². The maximum Gasteiger partial charge on any atom is 0.263 e. The summed E-state index contributed by atoms with van der Waals surface area (Å²) >= 11 is 6.17. The lowest BCUT2D eigenvalue weighted by atomic mass is 10.0. The maximum absolute atomic E-state index is 12.9. The Hall–Kier alpha value is -2.88. The lowest BCUT2D eigenvalue weighted by molar-refractivity contribution is 0.192. The third kappa shape index (κ3) is 5.63. The zero-order valence-corrected chi connectivity index (χ0v) is 18.5. The minimum atomic E-state index is -3.98. The van der Waals surface area contributed by atoms with Crippen molar-refractivity contribution in [2.75, 3.05) is 17.9 Å². The highest BCUT2D eigenvalue weighted by Gasteiger charge is 2.23. The van der Waals surface area contributed by atoms with Crippen LogP contribution in [-0.4, -0.2) is 36.7 Å². The highest BCUT2D eigenvalue weighted by molar-refractivity contribution is 7.92. The first-order valence-corrected chi connectivity index (χ1v) is 11.3. The third-order valence-electron chi connectivity index (χ3n) is 4.24. The van der Waals surface area contributed by atoms with Crippen LogP contribution in [0.3, 0.4) is 0 Å². The van der Waals surface area contributed by atoms with Gasteiger partial charge in [-0.05, 0) is 35.7 Å². The van der Waals surface area contributed by atoms with Crippen LogP contribution in [0.4, 0.5) is 5.82 Å². The summed E-state index contributed by atoms with van der Waals surface area (Å²) in [4.78, 5) is 8.07. The smallest absolute Gasteiger partial charge is 0.263 e. The maximum atomic E-state index is 12.9. The first-order chi connectivity index (χ1) is 14.8. The fraction of sp³-hybridized carbons (Fsp3) is 0.238. The van der Waals surface area contributed by atoms with Gasteiger partial charge in [-0.15, -0.1) is 0 Å². The van der Waals surface area contributed by atoms with Crippen molar-refractivity contribution >= 4 is 27.4 Å². The Labute approximate surface area is 185 Å². The zero-order valence-electron chi connectivity index (χ0n) is 16.9. The van der Waals surface area contributed by atoms with Gasteiger partial charge in [0.15, 0.2) is 5.82 Å². The van der Waals surface area contributed by atoms with Crippen molar-refractivity contribution < 1.29 is 23.0 Å². The summed E-state index contributed by atoms with van der Waals surface area (Å²) in [6.45, 7) is 3.71. The molecule has 0 unspecified atom stereocenters. The van der Waals surface area contributed by atoms with E-state index in [4.69, 9.17) is 26.2 Å². The Balaban J connectivity index is 1.98. The summed E-state index contributed by atoms with van der Waals surface area (Å²) in [7, 11) is -3.98. The summed E-state index contributed by atoms with van der Waals surface area (Å²) in [6.07, 6.45) is 1.13. The number of rotatable bonds is 9. The largest absolute Gasteiger partial charge is 0.472 e. The van der Waals surface area contributed by atoms with Crippen molar-refractivity contribution in [2.45, 2.75) is 24.7 Å². The Morgan fingerprint density at radius 1 is 1.10 bits per heavy atom. The quantitative estimate of drug-likeness (QED) is 0.488. The monoisotopic (exact) mass is 463 g/mol. The molecule has 0 spiro atoms. The second-order valence-corrected chi connectivity index (χ2v) is 8.88. The van der Waals surface area contributed by atoms with Crippen LogP contribution in [0.25, 0.3) is 0 Å². The Morgan fingerprint density at radius 3 is 2.45 bits per heavy atom. The normalized spacial score (nSPS) is 11.4. The van der Waals surface area contributed by atoms with E-state index in [1.54, 1.807) is 36.4 Å². The first-order valence-electron chi connectivity index (χ1n) is 9.45. The van der Waals surface area contributed by atoms with E-state index in [1.165, 1.54) is 12.1 Å². The molecule has 2 aromatic carbocycles. The van der Waals surface area contributed by atoms with Crippen molar-refractivity contribution in [3.05, 3.63) is 65.4 Å². The number of nitrogens with zero attached hydrogens (tertiary/aromatic N) is 2. The van der Waals surface area contributed by atoms with E-state index in [1.807, 2.05) is 13.8 Å². The lowest BCUT2D eigenvalue weighted by Gasteiger charge is -2.16. The fourth-order valence-corrected chi connectivity index (χ4v) is 3.81. The molecule has 0 aliphatic carbocycles. The highest BCUT2D eigenvalue weighted by atomic mass is 35.5. The van der Waals surface area contributed by atoms with Crippen molar-refractivity contribution in [3.8, 4) is 17.4 Å². The molecule has 10 heteroatoms. The topological polar surface area (TPSA) is 111 Å². The number of anilines is 1. The Kier molecular flexibility index (Phi) is 7.32. The fourth-order valence-electron chi connectivity index (χ4n) is 2.62. The van der Waals surface area contributed by atoms with Crippen LogP contribution in [-0.2, 0) is 10.0 Å². The van der Waals surface area contributed by atoms with Gasteiger partial charge < -0.3 is 14.6 Å². The number of sulfonamides is 1. The summed E-state index contributed by atoms with van der Waals surface area (Å²) in [6, 6.07) is 13.2. The number of ether oxygens (including phenoxy) is 2. The number of halogens is 1. The average Bonchev–Trinajstić information content (AvgIpc) is 2.75. The van der Waals surface area contributed by atoms with Gasteiger partial charge in [-0.1, -0.05) is 49.7 Å². The molecule has 164 valence electrons. The molecule has 0 radical (unpaired) electrons. The van der Waals surface area contributed by atoms with E-state index in [2.05, 4.69) is 14.7 Å². The minimum Gasteiger partial charge on any atom is -0.472 e. The van der Waals surface area contributed by atoms with Gasteiger partial charge in [-0.25, -0.2) is 13.4 Å². The van der Waals surface area contributed by atoms with Crippen LogP contribution in [0.1, 0.15) is 25.3 Å². The molecular formula is C21H22ClN3O5S. The Morgan fingerprint density at radius 2 is 1.81 bits per heavy atom. The molecular weight excluding hydrogens is 442 g/mol. The number of aliphatic hydroxyl groups is 1. The van der Waals surface area contributed by atoms with Gasteiger partial charge >= 0.3 is 0 Å². The zero-order chi connectivity index (χ0) is 22.4. The average molecular weight is 464 g/mol. The van der Waals surface area contributed by atoms with Crippen LogP contribution in [0.5, 0.6) is 17.4 Å². The summed E-state index contributed by atoms with van der Waals surface area (Å²) < 4.78 is 39.5. The lowest BCUT2D eigenvalue weighted by Crippen LogP contribution is -2.16. The number of aliphatic hydroxyl groups excluding tert-OH is 1. The van der Waals surface area contributed by atoms with Crippen LogP contribution in [0, 0.1) is 0 Å². The number of hydrogen-bond acceptors (Lipinski definition) is 7. The van der Waals surface area contributed by atoms with Gasteiger partial charge in [0.05, 0.1) is 16.5 Å². The summed E-state index contributed by atoms with van der Waals surface area (Å²) in [5.41, 5.74) is 1.02. The van der Waals surface area contributed by atoms with Crippen molar-refractivity contribution in [1.29, 1.82) is 0 Å². The number of hydrogen-bond donors (Lipinski definition) is 2. The standard InChI is InChI=1S/C21H22ClN3O5S/c1-14(2)15-7-9-16(10-8-15)31(27,28)25-20-19(21(24-13-23-20)29-12-11-26)30-18-6-4-3-5-17(18)22/h3-10,13-14,26H,11-12H2,1-2H3,(H,23,24,25). The second kappa shape index (κ2) is 9.95.